The molecule has 1 aromatic carbocycles. The van der Waals surface area contributed by atoms with Crippen molar-refractivity contribution in [1.82, 2.24) is 34.3 Å². The molecule has 0 spiro atoms. The second-order valence-corrected chi connectivity index (χ2v) is 7.18. The molecule has 5 rings (SSSR count). The fraction of sp³-hybridized carbons (Fsp3) is 0.348. The number of fused-ring (bicyclic) bond motifs is 1. The summed E-state index contributed by atoms with van der Waals surface area (Å²) < 4.78 is 8.97. The van der Waals surface area contributed by atoms with Gasteiger partial charge in [0.15, 0.2) is 5.82 Å². The maximum atomic E-state index is 8.65. The van der Waals surface area contributed by atoms with E-state index in [1.807, 2.05) is 19.9 Å². The van der Waals surface area contributed by atoms with E-state index in [-0.39, 0.29) is 19.2 Å². The van der Waals surface area contributed by atoms with Crippen molar-refractivity contribution in [3.8, 4) is 24.7 Å². The zero-order valence-electron chi connectivity index (χ0n) is 18.5. The van der Waals surface area contributed by atoms with E-state index in [2.05, 4.69) is 67.7 Å². The average molecular weight is 434 g/mol. The molecule has 3 aromatic heterocycles. The van der Waals surface area contributed by atoms with Gasteiger partial charge < -0.3 is 14.4 Å². The van der Waals surface area contributed by atoms with Gasteiger partial charge in [-0.25, -0.2) is 15.0 Å². The maximum Gasteiger partial charge on any atom is 0.318 e. The lowest BCUT2D eigenvalue weighted by Crippen LogP contribution is -2.08. The van der Waals surface area contributed by atoms with Gasteiger partial charge in [-0.2, -0.15) is 9.67 Å². The molecule has 32 heavy (non-hydrogen) atoms. The van der Waals surface area contributed by atoms with E-state index in [0.717, 1.165) is 17.3 Å². The molecule has 4 aromatic rings. The van der Waals surface area contributed by atoms with Gasteiger partial charge in [-0.3, -0.25) is 0 Å². The number of aliphatic hydroxyl groups excluding tert-OH is 1. The molecule has 1 aliphatic rings. The smallest absolute Gasteiger partial charge is 0.318 e. The Labute approximate surface area is 187 Å². The molecule has 9 nitrogen and oxygen atoms in total. The summed E-state index contributed by atoms with van der Waals surface area (Å²) in [6, 6.07) is 10.3. The zero-order valence-corrected chi connectivity index (χ0v) is 18.5. The van der Waals surface area contributed by atoms with Gasteiger partial charge >= 0.3 is 6.01 Å². The molecule has 0 unspecified atom stereocenters. The minimum atomic E-state index is -0.0744. The van der Waals surface area contributed by atoms with Gasteiger partial charge in [0, 0.05) is 25.2 Å². The van der Waals surface area contributed by atoms with Gasteiger partial charge in [-0.15, -0.1) is 17.9 Å². The van der Waals surface area contributed by atoms with Crippen LogP contribution >= 0.6 is 0 Å². The molecule has 0 atom stereocenters. The molecule has 9 heteroatoms. The number of aryl methyl sites for hydroxylation is 3. The lowest BCUT2D eigenvalue weighted by Gasteiger charge is -2.04. The predicted molar refractivity (Wildman–Crippen MR) is 122 cm³/mol. The zero-order chi connectivity index (χ0) is 23.1. The number of para-hydroxylation sites is 2. The molecule has 0 radical (unpaired) electrons. The maximum absolute atomic E-state index is 8.65. The van der Waals surface area contributed by atoms with Crippen molar-refractivity contribution in [2.24, 2.45) is 7.05 Å². The summed E-state index contributed by atoms with van der Waals surface area (Å²) in [6.07, 6.45) is 12.2. The topological polar surface area (TPSA) is 104 Å². The minimum absolute atomic E-state index is 0.0744. The molecule has 3 heterocycles. The van der Waals surface area contributed by atoms with Crippen molar-refractivity contribution < 1.29 is 9.84 Å². The third-order valence-electron chi connectivity index (χ3n) is 4.80. The number of benzene rings is 1. The van der Waals surface area contributed by atoms with E-state index < -0.39 is 0 Å². The highest BCUT2D eigenvalue weighted by Gasteiger charge is 2.28. The Bertz CT molecular complexity index is 1190. The highest BCUT2D eigenvalue weighted by Crippen LogP contribution is 2.40. The number of hydrogen-bond donors (Lipinski definition) is 1. The molecule has 1 saturated carbocycles. The fourth-order valence-electron chi connectivity index (χ4n) is 3.27. The largest absolute Gasteiger partial charge is 0.461 e. The molecule has 0 amide bonds. The first kappa shape index (κ1) is 22.9. The summed E-state index contributed by atoms with van der Waals surface area (Å²) in [7, 11) is 2.11. The van der Waals surface area contributed by atoms with E-state index in [1.165, 1.54) is 24.2 Å². The number of aromatic nitrogens is 7. The summed E-state index contributed by atoms with van der Waals surface area (Å²) in [5, 5.41) is 12.9. The molecular formula is C23H27N7O2. The van der Waals surface area contributed by atoms with E-state index in [1.54, 1.807) is 16.9 Å². The Morgan fingerprint density at radius 3 is 2.47 bits per heavy atom. The number of nitrogens with zero attached hydrogens (tertiary/aromatic N) is 7. The first-order valence-corrected chi connectivity index (χ1v) is 10.3. The van der Waals surface area contributed by atoms with Crippen LogP contribution < -0.4 is 4.74 Å². The second kappa shape index (κ2) is 10.5. The number of hydrogen-bond acceptors (Lipinski definition) is 7. The van der Waals surface area contributed by atoms with E-state index in [9.17, 15) is 0 Å². The van der Waals surface area contributed by atoms with E-state index in [4.69, 9.17) is 9.84 Å². The molecule has 166 valence electrons. The van der Waals surface area contributed by atoms with Crippen molar-refractivity contribution in [2.75, 3.05) is 13.2 Å². The number of terminal acetylenes is 1. The summed E-state index contributed by atoms with van der Waals surface area (Å²) in [5.41, 5.74) is 2.39. The van der Waals surface area contributed by atoms with Gasteiger partial charge in [-0.1, -0.05) is 12.1 Å². The SMILES string of the molecule is C#C.Cc1nc(C)n(-c2ccnc(OCCO)n2)n1.Cn1c(C2CC2)nc2ccccc21. The first-order chi connectivity index (χ1) is 15.6. The first-order valence-electron chi connectivity index (χ1n) is 10.3. The predicted octanol–water partition coefficient (Wildman–Crippen LogP) is 2.75. The highest BCUT2D eigenvalue weighted by molar-refractivity contribution is 5.76. The van der Waals surface area contributed by atoms with Crippen LogP contribution in [0.15, 0.2) is 36.5 Å². The Morgan fingerprint density at radius 2 is 1.84 bits per heavy atom. The van der Waals surface area contributed by atoms with Gasteiger partial charge in [0.05, 0.1) is 17.6 Å². The van der Waals surface area contributed by atoms with Crippen LogP contribution in [0.1, 0.15) is 36.2 Å². The lowest BCUT2D eigenvalue weighted by molar-refractivity contribution is 0.191. The van der Waals surface area contributed by atoms with E-state index in [0.29, 0.717) is 11.6 Å². The minimum Gasteiger partial charge on any atom is -0.461 e. The van der Waals surface area contributed by atoms with Crippen molar-refractivity contribution in [1.29, 1.82) is 0 Å². The number of rotatable bonds is 5. The Balaban J connectivity index is 0.000000172. The van der Waals surface area contributed by atoms with Crippen molar-refractivity contribution in [2.45, 2.75) is 32.6 Å². The van der Waals surface area contributed by atoms with Crippen molar-refractivity contribution in [3.05, 3.63) is 54.0 Å². The molecule has 0 bridgehead atoms. The molecule has 1 fully saturated rings. The number of ether oxygens (including phenoxy) is 1. The Hall–Kier alpha value is -3.77. The third kappa shape index (κ3) is 5.28. The van der Waals surface area contributed by atoms with Crippen LogP contribution in [0.2, 0.25) is 0 Å². The average Bonchev–Trinajstić information content (AvgIpc) is 3.53. The quantitative estimate of drug-likeness (QED) is 0.483. The van der Waals surface area contributed by atoms with Crippen LogP contribution in [0.5, 0.6) is 6.01 Å². The summed E-state index contributed by atoms with van der Waals surface area (Å²) in [5.74, 6) is 4.01. The number of imidazole rings is 1. The van der Waals surface area contributed by atoms with Crippen molar-refractivity contribution in [3.63, 3.8) is 0 Å². The second-order valence-electron chi connectivity index (χ2n) is 7.18. The standard InChI is InChI=1S/C11H12N2.C10H13N5O2.C2H2/c1-13-10-5-3-2-4-9(10)12-11(13)8-6-7-8;1-7-12-8(2)15(14-7)9-3-4-11-10(13-9)17-6-5-16;1-2/h2-5,8H,6-7H2,1H3;3-4,16H,5-6H2,1-2H3;1-2H. The third-order valence-corrected chi connectivity index (χ3v) is 4.80. The molecule has 0 saturated heterocycles. The summed E-state index contributed by atoms with van der Waals surface area (Å²) >= 11 is 0. The molecular weight excluding hydrogens is 406 g/mol. The summed E-state index contributed by atoms with van der Waals surface area (Å²) in [6.45, 7) is 3.75. The number of aliphatic hydroxyl groups is 1. The van der Waals surface area contributed by atoms with Crippen LogP contribution in [-0.4, -0.2) is 52.6 Å². The van der Waals surface area contributed by atoms with Gasteiger partial charge in [0.1, 0.15) is 24.1 Å². The molecule has 1 aliphatic carbocycles. The van der Waals surface area contributed by atoms with Crippen LogP contribution in [-0.2, 0) is 7.05 Å². The normalized spacial score (nSPS) is 12.4. The van der Waals surface area contributed by atoms with Crippen LogP contribution in [0.4, 0.5) is 0 Å². The van der Waals surface area contributed by atoms with Gasteiger partial charge in [-0.05, 0) is 38.8 Å². The van der Waals surface area contributed by atoms with Crippen LogP contribution in [0.25, 0.3) is 16.9 Å². The Kier molecular flexibility index (Phi) is 7.52. The fourth-order valence-corrected chi connectivity index (χ4v) is 3.27. The van der Waals surface area contributed by atoms with Crippen LogP contribution in [0.3, 0.4) is 0 Å². The van der Waals surface area contributed by atoms with Gasteiger partial charge in [0.2, 0.25) is 0 Å². The highest BCUT2D eigenvalue weighted by atomic mass is 16.5. The van der Waals surface area contributed by atoms with Crippen molar-refractivity contribution >= 4 is 11.0 Å². The van der Waals surface area contributed by atoms with Gasteiger partial charge in [0.25, 0.3) is 0 Å². The van der Waals surface area contributed by atoms with Crippen LogP contribution in [0, 0.1) is 26.7 Å². The lowest BCUT2D eigenvalue weighted by atomic mass is 10.3. The molecule has 0 aliphatic heterocycles. The molecule has 1 N–H and O–H groups in total. The monoisotopic (exact) mass is 433 g/mol. The summed E-state index contributed by atoms with van der Waals surface area (Å²) in [4.78, 5) is 16.9. The Morgan fingerprint density at radius 1 is 1.09 bits per heavy atom. The van der Waals surface area contributed by atoms with E-state index >= 15 is 0 Å².